The van der Waals surface area contributed by atoms with Gasteiger partial charge < -0.3 is 15.0 Å². The fourth-order valence-electron chi connectivity index (χ4n) is 2.82. The van der Waals surface area contributed by atoms with Crippen LogP contribution in [0.5, 0.6) is 5.75 Å². The van der Waals surface area contributed by atoms with Crippen LogP contribution in [-0.4, -0.2) is 25.7 Å². The van der Waals surface area contributed by atoms with Crippen molar-refractivity contribution in [3.63, 3.8) is 0 Å². The summed E-state index contributed by atoms with van der Waals surface area (Å²) in [5.74, 6) is 0.953. The number of benzene rings is 2. The number of aryl methyl sites for hydroxylation is 1. The van der Waals surface area contributed by atoms with E-state index in [1.165, 1.54) is 11.3 Å². The summed E-state index contributed by atoms with van der Waals surface area (Å²) in [6.45, 7) is 7.07. The van der Waals surface area contributed by atoms with E-state index in [0.29, 0.717) is 0 Å². The van der Waals surface area contributed by atoms with E-state index in [9.17, 15) is 0 Å². The maximum Gasteiger partial charge on any atom is 0.143 e. The molecule has 1 N–H and O–H groups in total. The van der Waals surface area contributed by atoms with E-state index in [-0.39, 0.29) is 6.10 Å². The first-order valence-corrected chi connectivity index (χ1v) is 7.58. The normalized spacial score (nSPS) is 16.6. The Hall–Kier alpha value is -2.16. The van der Waals surface area contributed by atoms with Crippen molar-refractivity contribution in [1.82, 2.24) is 0 Å². The van der Waals surface area contributed by atoms with Crippen molar-refractivity contribution >= 4 is 11.4 Å². The van der Waals surface area contributed by atoms with E-state index in [1.54, 1.807) is 0 Å². The lowest BCUT2D eigenvalue weighted by atomic mass is 10.1. The molecule has 3 rings (SSSR count). The molecule has 0 saturated heterocycles. The average molecular weight is 282 g/mol. The Morgan fingerprint density at radius 1 is 1.14 bits per heavy atom. The van der Waals surface area contributed by atoms with Gasteiger partial charge in [0.15, 0.2) is 0 Å². The summed E-state index contributed by atoms with van der Waals surface area (Å²) in [5, 5.41) is 3.46. The molecule has 3 nitrogen and oxygen atoms in total. The van der Waals surface area contributed by atoms with E-state index < -0.39 is 0 Å². The number of hydrogen-bond acceptors (Lipinski definition) is 3. The van der Waals surface area contributed by atoms with Gasteiger partial charge in [-0.2, -0.15) is 0 Å². The quantitative estimate of drug-likeness (QED) is 0.925. The second kappa shape index (κ2) is 6.08. The zero-order chi connectivity index (χ0) is 14.7. The summed E-state index contributed by atoms with van der Waals surface area (Å²) in [6.07, 6.45) is 0.166. The zero-order valence-electron chi connectivity index (χ0n) is 12.7. The van der Waals surface area contributed by atoms with Crippen molar-refractivity contribution < 1.29 is 4.74 Å². The molecule has 0 saturated carbocycles. The molecule has 1 atom stereocenters. The number of hydrogen-bond donors (Lipinski definition) is 1. The van der Waals surface area contributed by atoms with Crippen LogP contribution in [0.1, 0.15) is 12.5 Å². The number of para-hydroxylation sites is 3. The van der Waals surface area contributed by atoms with Gasteiger partial charge in [0, 0.05) is 12.2 Å². The molecular formula is C18H22N2O. The van der Waals surface area contributed by atoms with Crippen molar-refractivity contribution in [3.05, 3.63) is 54.1 Å². The van der Waals surface area contributed by atoms with Gasteiger partial charge in [0.25, 0.3) is 0 Å². The van der Waals surface area contributed by atoms with Gasteiger partial charge in [-0.1, -0.05) is 30.3 Å². The van der Waals surface area contributed by atoms with Crippen molar-refractivity contribution in [2.45, 2.75) is 20.0 Å². The molecule has 2 aromatic rings. The van der Waals surface area contributed by atoms with Gasteiger partial charge in [-0.15, -0.1) is 0 Å². The van der Waals surface area contributed by atoms with Crippen LogP contribution in [0.15, 0.2) is 48.5 Å². The molecule has 0 aromatic heterocycles. The number of ether oxygens (including phenoxy) is 1. The fourth-order valence-corrected chi connectivity index (χ4v) is 2.82. The third kappa shape index (κ3) is 2.97. The van der Waals surface area contributed by atoms with Crippen molar-refractivity contribution in [1.29, 1.82) is 0 Å². The molecule has 1 aliphatic rings. The van der Waals surface area contributed by atoms with Crippen LogP contribution in [0.2, 0.25) is 0 Å². The van der Waals surface area contributed by atoms with E-state index in [1.807, 2.05) is 18.2 Å². The summed E-state index contributed by atoms with van der Waals surface area (Å²) in [4.78, 5) is 2.38. The van der Waals surface area contributed by atoms with Crippen LogP contribution in [0.4, 0.5) is 11.4 Å². The summed E-state index contributed by atoms with van der Waals surface area (Å²) in [6, 6.07) is 16.7. The molecule has 0 amide bonds. The average Bonchev–Trinajstić information content (AvgIpc) is 2.53. The molecule has 0 fully saturated rings. The maximum absolute atomic E-state index is 6.12. The standard InChI is InChI=1S/C18H22N2O/c1-3-20(17-10-6-4-8-14(17)2)13-15-12-19-16-9-5-7-11-18(16)21-15/h4-11,15,19H,3,12-13H2,1-2H3. The first kappa shape index (κ1) is 13.8. The number of nitrogens with one attached hydrogen (secondary N) is 1. The molecule has 0 spiro atoms. The second-order valence-corrected chi connectivity index (χ2v) is 5.44. The Balaban J connectivity index is 1.73. The summed E-state index contributed by atoms with van der Waals surface area (Å²) >= 11 is 0. The van der Waals surface area contributed by atoms with Crippen molar-refractivity contribution in [2.24, 2.45) is 0 Å². The molecule has 2 aromatic carbocycles. The Kier molecular flexibility index (Phi) is 4.00. The number of nitrogens with zero attached hydrogens (tertiary/aromatic N) is 1. The Labute approximate surface area is 126 Å². The fraction of sp³-hybridized carbons (Fsp3) is 0.333. The zero-order valence-corrected chi connectivity index (χ0v) is 12.7. The number of anilines is 2. The van der Waals surface area contributed by atoms with Crippen molar-refractivity contribution in [3.8, 4) is 5.75 Å². The number of fused-ring (bicyclic) bond motifs is 1. The summed E-state index contributed by atoms with van der Waals surface area (Å²) in [7, 11) is 0. The van der Waals surface area contributed by atoms with Gasteiger partial charge >= 0.3 is 0 Å². The van der Waals surface area contributed by atoms with E-state index >= 15 is 0 Å². The minimum absolute atomic E-state index is 0.166. The van der Waals surface area contributed by atoms with Gasteiger partial charge in [-0.3, -0.25) is 0 Å². The molecule has 0 radical (unpaired) electrons. The first-order chi connectivity index (χ1) is 10.3. The van der Waals surface area contributed by atoms with Gasteiger partial charge in [0.05, 0.1) is 18.8 Å². The smallest absolute Gasteiger partial charge is 0.143 e. The van der Waals surface area contributed by atoms with Gasteiger partial charge in [0.1, 0.15) is 11.9 Å². The summed E-state index contributed by atoms with van der Waals surface area (Å²) in [5.41, 5.74) is 3.69. The lowest BCUT2D eigenvalue weighted by Gasteiger charge is -2.33. The van der Waals surface area contributed by atoms with E-state index in [4.69, 9.17) is 4.74 Å². The molecule has 1 unspecified atom stereocenters. The number of rotatable bonds is 4. The molecule has 0 aliphatic carbocycles. The lowest BCUT2D eigenvalue weighted by Crippen LogP contribution is -2.42. The van der Waals surface area contributed by atoms with Gasteiger partial charge in [0.2, 0.25) is 0 Å². The van der Waals surface area contributed by atoms with Crippen LogP contribution >= 0.6 is 0 Å². The van der Waals surface area contributed by atoms with Crippen LogP contribution in [-0.2, 0) is 0 Å². The monoisotopic (exact) mass is 282 g/mol. The predicted molar refractivity (Wildman–Crippen MR) is 88.4 cm³/mol. The van der Waals surface area contributed by atoms with Crippen LogP contribution in [0.25, 0.3) is 0 Å². The second-order valence-electron chi connectivity index (χ2n) is 5.44. The highest BCUT2D eigenvalue weighted by molar-refractivity contribution is 5.58. The number of likely N-dealkylation sites (N-methyl/N-ethyl adjacent to an activating group) is 1. The van der Waals surface area contributed by atoms with E-state index in [2.05, 4.69) is 54.4 Å². The summed E-state index contributed by atoms with van der Waals surface area (Å²) < 4.78 is 6.12. The highest BCUT2D eigenvalue weighted by atomic mass is 16.5. The molecular weight excluding hydrogens is 260 g/mol. The van der Waals surface area contributed by atoms with E-state index in [0.717, 1.165) is 31.1 Å². The Morgan fingerprint density at radius 2 is 1.90 bits per heavy atom. The SMILES string of the molecule is CCN(CC1CNc2ccccc2O1)c1ccccc1C. The predicted octanol–water partition coefficient (Wildman–Crippen LogP) is 3.69. The van der Waals surface area contributed by atoms with Crippen LogP contribution in [0, 0.1) is 6.92 Å². The Bertz CT molecular complexity index is 612. The third-order valence-electron chi connectivity index (χ3n) is 3.96. The largest absolute Gasteiger partial charge is 0.485 e. The highest BCUT2D eigenvalue weighted by Gasteiger charge is 2.21. The van der Waals surface area contributed by atoms with Crippen LogP contribution in [0.3, 0.4) is 0 Å². The molecule has 3 heteroatoms. The minimum atomic E-state index is 0.166. The maximum atomic E-state index is 6.12. The lowest BCUT2D eigenvalue weighted by molar-refractivity contribution is 0.211. The van der Waals surface area contributed by atoms with Gasteiger partial charge in [-0.05, 0) is 37.6 Å². The molecule has 110 valence electrons. The highest BCUT2D eigenvalue weighted by Crippen LogP contribution is 2.29. The molecule has 21 heavy (non-hydrogen) atoms. The Morgan fingerprint density at radius 3 is 2.71 bits per heavy atom. The third-order valence-corrected chi connectivity index (χ3v) is 3.96. The van der Waals surface area contributed by atoms with Crippen molar-refractivity contribution in [2.75, 3.05) is 29.9 Å². The van der Waals surface area contributed by atoms with Crippen LogP contribution < -0.4 is 15.0 Å². The van der Waals surface area contributed by atoms with Gasteiger partial charge in [-0.25, -0.2) is 0 Å². The minimum Gasteiger partial charge on any atom is -0.485 e. The molecule has 0 bridgehead atoms. The molecule has 1 heterocycles. The first-order valence-electron chi connectivity index (χ1n) is 7.58. The topological polar surface area (TPSA) is 24.5 Å². The molecule has 1 aliphatic heterocycles.